The smallest absolute Gasteiger partial charge is 0.170 e. The minimum Gasteiger partial charge on any atom is -0.293 e. The minimum atomic E-state index is -0.501. The highest BCUT2D eigenvalue weighted by atomic mass is 16.1. The largest absolute Gasteiger partial charge is 0.293 e. The van der Waals surface area contributed by atoms with Crippen molar-refractivity contribution in [1.82, 2.24) is 0 Å². The molecule has 0 heterocycles. The molecule has 0 aliphatic heterocycles. The molecule has 5 atom stereocenters. The maximum Gasteiger partial charge on any atom is 0.170 e. The normalized spacial score (nSPS) is 26.4. The first-order valence-electron chi connectivity index (χ1n) is 12.9. The van der Waals surface area contributed by atoms with E-state index >= 15 is 0 Å². The lowest BCUT2D eigenvalue weighted by Gasteiger charge is -2.33. The first-order chi connectivity index (χ1) is 18.2. The molecule has 2 heteroatoms. The van der Waals surface area contributed by atoms with Crippen molar-refractivity contribution in [2.75, 3.05) is 0 Å². The summed E-state index contributed by atoms with van der Waals surface area (Å²) < 4.78 is 0. The van der Waals surface area contributed by atoms with Crippen LogP contribution in [-0.4, -0.2) is 5.78 Å². The number of carbonyl (C=O) groups excluding carboxylic acids is 1. The van der Waals surface area contributed by atoms with Gasteiger partial charge in [-0.3, -0.25) is 4.79 Å². The van der Waals surface area contributed by atoms with Crippen LogP contribution in [0.2, 0.25) is 0 Å². The first kappa shape index (κ1) is 21.8. The van der Waals surface area contributed by atoms with Crippen molar-refractivity contribution in [3.63, 3.8) is 0 Å². The van der Waals surface area contributed by atoms with Gasteiger partial charge in [-0.1, -0.05) is 115 Å². The average molecular weight is 476 g/mol. The van der Waals surface area contributed by atoms with Crippen molar-refractivity contribution in [1.29, 1.82) is 5.26 Å². The fraction of sp³-hybridized carbons (Fsp3) is 0.143. The van der Waals surface area contributed by atoms with Crippen LogP contribution in [0.5, 0.6) is 0 Å². The number of nitriles is 1. The predicted molar refractivity (Wildman–Crippen MR) is 146 cm³/mol. The average Bonchev–Trinajstić information content (AvgIpc) is 3.59. The Bertz CT molecular complexity index is 1550. The highest BCUT2D eigenvalue weighted by molar-refractivity contribution is 6.07. The quantitative estimate of drug-likeness (QED) is 0.222. The molecule has 37 heavy (non-hydrogen) atoms. The van der Waals surface area contributed by atoms with Gasteiger partial charge in [0.1, 0.15) is 0 Å². The molecule has 2 nitrogen and oxygen atoms in total. The van der Waals surface area contributed by atoms with Crippen LogP contribution in [0, 0.1) is 34.5 Å². The standard InChI is InChI=1S/C35H25NO/c36-22-23-16-18-26(19-17-23)32-28-20-21-29-33(35(29,32)34(37)27-14-8-3-9-15-27)31(28)30(24-10-4-1-5-11-24)25-12-6-2-7-13-25/h1-21,28-29,32-33H/t28-,29+,32-,33+,35+/m1/s1. The van der Waals surface area contributed by atoms with Crippen molar-refractivity contribution < 1.29 is 4.79 Å². The van der Waals surface area contributed by atoms with Crippen LogP contribution >= 0.6 is 0 Å². The van der Waals surface area contributed by atoms with Gasteiger partial charge >= 0.3 is 0 Å². The zero-order valence-electron chi connectivity index (χ0n) is 20.3. The van der Waals surface area contributed by atoms with Gasteiger partial charge in [0.2, 0.25) is 0 Å². The molecule has 2 fully saturated rings. The lowest BCUT2D eigenvalue weighted by atomic mass is 9.68. The molecule has 0 aromatic heterocycles. The summed E-state index contributed by atoms with van der Waals surface area (Å²) in [6.45, 7) is 0. The van der Waals surface area contributed by atoms with Crippen LogP contribution in [0.4, 0.5) is 0 Å². The van der Waals surface area contributed by atoms with Gasteiger partial charge < -0.3 is 0 Å². The van der Waals surface area contributed by atoms with E-state index in [1.165, 1.54) is 22.3 Å². The van der Waals surface area contributed by atoms with E-state index in [4.69, 9.17) is 0 Å². The van der Waals surface area contributed by atoms with Crippen LogP contribution < -0.4 is 0 Å². The van der Waals surface area contributed by atoms with Crippen molar-refractivity contribution in [3.05, 3.63) is 161 Å². The number of nitrogens with zero attached hydrogens (tertiary/aromatic N) is 1. The molecular formula is C35H25NO. The summed E-state index contributed by atoms with van der Waals surface area (Å²) in [4.78, 5) is 14.4. The highest BCUT2D eigenvalue weighted by Gasteiger charge is 2.80. The van der Waals surface area contributed by atoms with Crippen LogP contribution in [0.25, 0.3) is 5.57 Å². The van der Waals surface area contributed by atoms with Gasteiger partial charge in [0.25, 0.3) is 0 Å². The number of allylic oxidation sites excluding steroid dienone is 3. The minimum absolute atomic E-state index is 0.0328. The third-order valence-electron chi connectivity index (χ3n) is 8.65. The molecule has 0 saturated heterocycles. The van der Waals surface area contributed by atoms with E-state index in [0.717, 1.165) is 11.1 Å². The second kappa shape index (κ2) is 8.29. The number of Topliss-reactive ketones (excluding diaryl/α,β-unsaturated/α-hetero) is 1. The molecule has 176 valence electrons. The maximum atomic E-state index is 14.4. The van der Waals surface area contributed by atoms with Crippen LogP contribution in [0.1, 0.15) is 38.5 Å². The second-order valence-corrected chi connectivity index (χ2v) is 10.3. The molecule has 4 aromatic rings. The topological polar surface area (TPSA) is 40.9 Å². The van der Waals surface area contributed by atoms with Gasteiger partial charge in [-0.15, -0.1) is 0 Å². The summed E-state index contributed by atoms with van der Waals surface area (Å²) in [5, 5.41) is 9.39. The molecule has 4 aliphatic carbocycles. The molecule has 0 N–H and O–H groups in total. The van der Waals surface area contributed by atoms with E-state index < -0.39 is 5.41 Å². The molecule has 2 saturated carbocycles. The lowest BCUT2D eigenvalue weighted by Crippen LogP contribution is -2.30. The molecule has 0 radical (unpaired) electrons. The first-order valence-corrected chi connectivity index (χ1v) is 12.9. The van der Waals surface area contributed by atoms with Gasteiger partial charge in [0.15, 0.2) is 5.78 Å². The molecule has 4 aromatic carbocycles. The van der Waals surface area contributed by atoms with E-state index in [2.05, 4.69) is 91.0 Å². The zero-order chi connectivity index (χ0) is 25.0. The van der Waals surface area contributed by atoms with Crippen molar-refractivity contribution in [3.8, 4) is 6.07 Å². The maximum absolute atomic E-state index is 14.4. The summed E-state index contributed by atoms with van der Waals surface area (Å²) in [6, 6.07) is 41.2. The SMILES string of the molecule is N#Cc1ccc([C@@H]2[C@@H]3C=C[C@H]4[C@@H](C3=C(c3ccccc3)c3ccccc3)[C@@]24C(=O)c2ccccc2)cc1. The molecular weight excluding hydrogens is 450 g/mol. The molecule has 0 amide bonds. The number of hydrogen-bond acceptors (Lipinski definition) is 2. The summed E-state index contributed by atoms with van der Waals surface area (Å²) in [5.41, 5.74) is 7.08. The van der Waals surface area contributed by atoms with Gasteiger partial charge in [0.05, 0.1) is 17.0 Å². The third kappa shape index (κ3) is 3.07. The Balaban J connectivity index is 1.49. The van der Waals surface area contributed by atoms with Crippen LogP contribution in [0.15, 0.2) is 133 Å². The van der Waals surface area contributed by atoms with Gasteiger partial charge in [0, 0.05) is 23.3 Å². The van der Waals surface area contributed by atoms with Crippen LogP contribution in [0.3, 0.4) is 0 Å². The van der Waals surface area contributed by atoms with Gasteiger partial charge in [-0.05, 0) is 45.9 Å². The van der Waals surface area contributed by atoms with E-state index in [1.807, 2.05) is 42.5 Å². The number of rotatable bonds is 5. The van der Waals surface area contributed by atoms with Crippen LogP contribution in [-0.2, 0) is 0 Å². The number of ketones is 1. The molecule has 0 unspecified atom stereocenters. The van der Waals surface area contributed by atoms with Crippen molar-refractivity contribution >= 4 is 11.4 Å². The Labute approximate surface area is 217 Å². The molecule has 4 bridgehead atoms. The second-order valence-electron chi connectivity index (χ2n) is 10.3. The summed E-state index contributed by atoms with van der Waals surface area (Å²) in [6.07, 6.45) is 4.64. The Morgan fingerprint density at radius 3 is 1.73 bits per heavy atom. The zero-order valence-corrected chi connectivity index (χ0v) is 20.3. The van der Waals surface area contributed by atoms with E-state index in [9.17, 15) is 10.1 Å². The fourth-order valence-corrected chi connectivity index (χ4v) is 7.25. The molecule has 8 rings (SSSR count). The Morgan fingerprint density at radius 2 is 1.19 bits per heavy atom. The Hall–Kier alpha value is -4.48. The number of hydrogen-bond donors (Lipinski definition) is 0. The van der Waals surface area contributed by atoms with Gasteiger partial charge in [-0.25, -0.2) is 0 Å². The fourth-order valence-electron chi connectivity index (χ4n) is 7.25. The predicted octanol–water partition coefficient (Wildman–Crippen LogP) is 7.46. The summed E-state index contributed by atoms with van der Waals surface area (Å²) in [5.74, 6) is 0.716. The highest BCUT2D eigenvalue weighted by Crippen LogP contribution is 2.82. The van der Waals surface area contributed by atoms with E-state index in [-0.39, 0.29) is 29.5 Å². The number of carbonyl (C=O) groups is 1. The summed E-state index contributed by atoms with van der Waals surface area (Å²) in [7, 11) is 0. The Morgan fingerprint density at radius 1 is 0.649 bits per heavy atom. The monoisotopic (exact) mass is 475 g/mol. The third-order valence-corrected chi connectivity index (χ3v) is 8.65. The van der Waals surface area contributed by atoms with E-state index in [0.29, 0.717) is 5.56 Å². The van der Waals surface area contributed by atoms with Crippen molar-refractivity contribution in [2.45, 2.75) is 5.92 Å². The van der Waals surface area contributed by atoms with Gasteiger partial charge in [-0.2, -0.15) is 5.26 Å². The molecule has 4 aliphatic rings. The number of benzene rings is 4. The molecule has 0 spiro atoms. The van der Waals surface area contributed by atoms with E-state index in [1.54, 1.807) is 0 Å². The van der Waals surface area contributed by atoms with Crippen molar-refractivity contribution in [2.24, 2.45) is 23.2 Å². The lowest BCUT2D eigenvalue weighted by molar-refractivity contribution is 0.0859. The Kier molecular flexibility index (Phi) is 4.88. The summed E-state index contributed by atoms with van der Waals surface area (Å²) >= 11 is 0.